The van der Waals surface area contributed by atoms with Crippen LogP contribution in [0.15, 0.2) is 107 Å². The molecular formula is C39H35Cl5F2N4O6S3. The van der Waals surface area contributed by atoms with E-state index in [1.165, 1.54) is 59.9 Å². The Bertz CT molecular complexity index is 2050. The number of hydrogen-bond donors (Lipinski definition) is 3. The number of carbonyl (C=O) groups is 4. The zero-order valence-corrected chi connectivity index (χ0v) is 37.6. The first-order valence-electron chi connectivity index (χ1n) is 16.9. The predicted molar refractivity (Wildman–Crippen MR) is 237 cm³/mol. The highest BCUT2D eigenvalue weighted by molar-refractivity contribution is 8.26. The Kier molecular flexibility index (Phi) is 19.3. The van der Waals surface area contributed by atoms with Crippen LogP contribution in [0, 0.1) is 11.6 Å². The van der Waals surface area contributed by atoms with Crippen molar-refractivity contribution in [2.45, 2.75) is 49.3 Å². The third-order valence-corrected chi connectivity index (χ3v) is 11.3. The van der Waals surface area contributed by atoms with Gasteiger partial charge < -0.3 is 15.7 Å². The van der Waals surface area contributed by atoms with Gasteiger partial charge in [0, 0.05) is 26.9 Å². The number of alkyl halides is 2. The van der Waals surface area contributed by atoms with Gasteiger partial charge in [0.25, 0.3) is 5.24 Å². The lowest BCUT2D eigenvalue weighted by Crippen LogP contribution is -2.31. The summed E-state index contributed by atoms with van der Waals surface area (Å²) in [6.45, 7) is 7.32. The molecule has 0 radical (unpaired) electrons. The van der Waals surface area contributed by atoms with Crippen LogP contribution < -0.4 is 10.6 Å². The van der Waals surface area contributed by atoms with Gasteiger partial charge in [0.05, 0.1) is 23.0 Å². The summed E-state index contributed by atoms with van der Waals surface area (Å²) < 4.78 is 33.4. The number of halogens is 7. The summed E-state index contributed by atoms with van der Waals surface area (Å²) in [5.41, 5.74) is 3.69. The smallest absolute Gasteiger partial charge is 0.335 e. The van der Waals surface area contributed by atoms with Crippen LogP contribution in [0.4, 0.5) is 8.78 Å². The third kappa shape index (κ3) is 14.3. The second kappa shape index (κ2) is 22.9. The zero-order chi connectivity index (χ0) is 44.1. The molecular weight excluding hydrogens is 932 g/mol. The lowest BCUT2D eigenvalue weighted by atomic mass is 9.98. The van der Waals surface area contributed by atoms with Gasteiger partial charge >= 0.3 is 5.97 Å². The van der Waals surface area contributed by atoms with Crippen LogP contribution in [-0.4, -0.2) is 48.0 Å². The number of nitrogens with one attached hydrogen (secondary N) is 2. The van der Waals surface area contributed by atoms with Gasteiger partial charge in [-0.05, 0) is 110 Å². The minimum absolute atomic E-state index is 0.166. The van der Waals surface area contributed by atoms with Crippen molar-refractivity contribution < 1.29 is 37.3 Å². The van der Waals surface area contributed by atoms with Crippen molar-refractivity contribution in [2.75, 3.05) is 5.34 Å². The van der Waals surface area contributed by atoms with E-state index >= 15 is 0 Å². The standard InChI is InChI=1S/C19H16ClFN2O2S.C19H17FN2O3S.CH2Cl2.Cl2OS/c1-11(12-5-9-15(21)10-6-12)22-18-23-17(25)19(2,26-18)14-7-3-13(4-8-14)16(20)24;1-11(12-5-9-15(20)10-6-12)21-18-22-17(25)19(2,26-18)14-7-3-13(4-8-14)16(23)24;2-1-3;1-4(2)3/h3-11H,1-2H3,(H,22,23,25);3-11H,1-2H3,(H,23,24)(H,21,22,25);1H2;/t2*11-,19?;;/m00../s1. The third-order valence-electron chi connectivity index (χ3n) is 8.58. The monoisotopic (exact) mass is 964 g/mol. The number of rotatable bonds is 8. The van der Waals surface area contributed by atoms with Crippen molar-refractivity contribution in [3.63, 3.8) is 0 Å². The maximum absolute atomic E-state index is 13.0. The number of amides is 2. The molecule has 2 aliphatic rings. The van der Waals surface area contributed by atoms with E-state index in [2.05, 4.69) is 42.0 Å². The van der Waals surface area contributed by atoms with E-state index in [1.54, 1.807) is 74.5 Å². The van der Waals surface area contributed by atoms with E-state index in [-0.39, 0.29) is 46.4 Å². The summed E-state index contributed by atoms with van der Waals surface area (Å²) in [5, 5.41) is 15.2. The Morgan fingerprint density at radius 3 is 1.29 bits per heavy atom. The Labute approximate surface area is 374 Å². The van der Waals surface area contributed by atoms with Crippen LogP contribution in [0.25, 0.3) is 0 Å². The Morgan fingerprint density at radius 1 is 0.695 bits per heavy atom. The molecule has 4 aromatic rings. The molecule has 6 rings (SSSR count). The van der Waals surface area contributed by atoms with Gasteiger partial charge in [-0.1, -0.05) is 72.1 Å². The first kappa shape index (κ1) is 49.8. The Morgan fingerprint density at radius 2 is 1.00 bits per heavy atom. The Hall–Kier alpha value is -3.54. The van der Waals surface area contributed by atoms with Gasteiger partial charge in [-0.25, -0.2) is 17.8 Å². The molecule has 2 aliphatic heterocycles. The molecule has 0 spiro atoms. The lowest BCUT2D eigenvalue weighted by molar-refractivity contribution is -0.122. The molecule has 2 saturated heterocycles. The molecule has 4 aromatic carbocycles. The molecule has 2 heterocycles. The van der Waals surface area contributed by atoms with Gasteiger partial charge in [-0.2, -0.15) is 0 Å². The first-order valence-corrected chi connectivity index (χ1v) is 22.8. The molecule has 2 fully saturated rings. The molecule has 20 heteroatoms. The van der Waals surface area contributed by atoms with Crippen LogP contribution in [0.3, 0.4) is 0 Å². The highest BCUT2D eigenvalue weighted by Crippen LogP contribution is 2.43. The normalized spacial score (nSPS) is 20.5. The molecule has 4 atom stereocenters. The fraction of sp³-hybridized carbons (Fsp3) is 0.231. The summed E-state index contributed by atoms with van der Waals surface area (Å²) >= 11 is 17.6. The molecule has 0 aromatic heterocycles. The summed E-state index contributed by atoms with van der Waals surface area (Å²) in [6.07, 6.45) is 0. The minimum atomic E-state index is -1.67. The van der Waals surface area contributed by atoms with Crippen LogP contribution in [0.1, 0.15) is 82.7 Å². The number of nitrogens with zero attached hydrogens (tertiary/aromatic N) is 2. The number of carboxylic acid groups (broad SMARTS) is 1. The summed E-state index contributed by atoms with van der Waals surface area (Å²) in [6, 6.07) is 24.6. The van der Waals surface area contributed by atoms with E-state index in [1.807, 2.05) is 13.8 Å². The van der Waals surface area contributed by atoms with Crippen molar-refractivity contribution in [1.29, 1.82) is 0 Å². The molecule has 0 bridgehead atoms. The molecule has 0 aliphatic carbocycles. The molecule has 0 saturated carbocycles. The fourth-order valence-corrected chi connectivity index (χ4v) is 7.70. The quantitative estimate of drug-likeness (QED) is 0.116. The Balaban J connectivity index is 0.000000273. The van der Waals surface area contributed by atoms with Gasteiger partial charge in [0.15, 0.2) is 10.3 Å². The molecule has 314 valence electrons. The van der Waals surface area contributed by atoms with Gasteiger partial charge in [0.2, 0.25) is 21.0 Å². The molecule has 10 nitrogen and oxygen atoms in total. The SMILES string of the molecule is C[C@H](N=C1NC(=O)C(C)(c2ccc(C(=O)Cl)cc2)S1)c1ccc(F)cc1.C[C@H](N=C1NC(=O)C(C)(c2ccc(C(=O)O)cc2)S1)c1ccc(F)cc1.ClCCl.O=S(Cl)Cl. The number of hydrogen-bond acceptors (Lipinski definition) is 9. The zero-order valence-electron chi connectivity index (χ0n) is 31.4. The van der Waals surface area contributed by atoms with Crippen LogP contribution in [-0.2, 0) is 28.3 Å². The van der Waals surface area contributed by atoms with E-state index < -0.39 is 29.9 Å². The van der Waals surface area contributed by atoms with Gasteiger partial charge in [-0.15, -0.1) is 23.2 Å². The largest absolute Gasteiger partial charge is 0.478 e. The summed E-state index contributed by atoms with van der Waals surface area (Å²) in [5.74, 6) is -2.02. The minimum Gasteiger partial charge on any atom is -0.478 e. The van der Waals surface area contributed by atoms with E-state index in [0.717, 1.165) is 16.7 Å². The van der Waals surface area contributed by atoms with Crippen LogP contribution in [0.2, 0.25) is 0 Å². The lowest BCUT2D eigenvalue weighted by Gasteiger charge is -2.19. The average Bonchev–Trinajstić information content (AvgIpc) is 3.64. The van der Waals surface area contributed by atoms with Crippen molar-refractivity contribution in [3.05, 3.63) is 142 Å². The topological polar surface area (TPSA) is 154 Å². The number of benzene rings is 4. The molecule has 2 unspecified atom stereocenters. The van der Waals surface area contributed by atoms with Crippen molar-refractivity contribution >= 4 is 122 Å². The first-order chi connectivity index (χ1) is 27.7. The average molecular weight is 967 g/mol. The second-order valence-corrected chi connectivity index (χ2v) is 19.0. The highest BCUT2D eigenvalue weighted by Gasteiger charge is 2.45. The molecule has 3 N–H and O–H groups in total. The van der Waals surface area contributed by atoms with Crippen molar-refractivity contribution in [1.82, 2.24) is 10.6 Å². The van der Waals surface area contributed by atoms with Crippen LogP contribution >= 0.6 is 79.7 Å². The number of carbonyl (C=O) groups excluding carboxylic acids is 3. The maximum Gasteiger partial charge on any atom is 0.335 e. The molecule has 59 heavy (non-hydrogen) atoms. The predicted octanol–water partition coefficient (Wildman–Crippen LogP) is 10.6. The second-order valence-electron chi connectivity index (χ2n) is 12.5. The van der Waals surface area contributed by atoms with Crippen molar-refractivity contribution in [2.24, 2.45) is 9.98 Å². The number of carboxylic acids is 1. The number of amidine groups is 2. The van der Waals surface area contributed by atoms with Crippen LogP contribution in [0.5, 0.6) is 0 Å². The fourth-order valence-electron chi connectivity index (χ4n) is 5.29. The van der Waals surface area contributed by atoms with E-state index in [4.69, 9.17) is 44.1 Å². The number of aliphatic imine (C=N–C) groups is 2. The summed E-state index contributed by atoms with van der Waals surface area (Å²) in [7, 11) is 7.36. The maximum atomic E-state index is 13.0. The highest BCUT2D eigenvalue weighted by atomic mass is 36.0. The number of thioether (sulfide) groups is 2. The number of aromatic carboxylic acids is 1. The van der Waals surface area contributed by atoms with Gasteiger partial charge in [0.1, 0.15) is 21.1 Å². The van der Waals surface area contributed by atoms with E-state index in [0.29, 0.717) is 21.5 Å². The van der Waals surface area contributed by atoms with E-state index in [9.17, 15) is 28.0 Å². The van der Waals surface area contributed by atoms with Crippen molar-refractivity contribution in [3.8, 4) is 0 Å². The summed E-state index contributed by atoms with van der Waals surface area (Å²) in [4.78, 5) is 56.3. The van der Waals surface area contributed by atoms with Gasteiger partial charge in [-0.3, -0.25) is 24.4 Å². The molecule has 2 amide bonds.